The number of rotatable bonds is 21. The number of nitrogens with zero attached hydrogens (tertiary/aromatic N) is 9. The SMILES string of the molecule is NC(N)=NCCCOc1cccc(-c2ccc(CNc3nc4c(N)ncnc4n3[C@@H]3O[C@H](CO)[C@@H](O)[C@H]3O)cc2)c1.NCCCOc1cccc(-c2ccc(CNc3nc4c(N)ncnc4n3[C@@H]3O[C@H](CO)[C@@H](O)[C@H]3O)cc2)c1. The molecule has 18 N–H and O–H groups in total. The summed E-state index contributed by atoms with van der Waals surface area (Å²) in [6.07, 6.45) is -5.10. The summed E-state index contributed by atoms with van der Waals surface area (Å²) >= 11 is 0. The Kier molecular flexibility index (Phi) is 17.9. The number of aromatic nitrogens is 8. The lowest BCUT2D eigenvalue weighted by Crippen LogP contribution is -2.33. The molecule has 0 aliphatic carbocycles. The quantitative estimate of drug-likeness (QED) is 0.0274. The van der Waals surface area contributed by atoms with Crippen LogP contribution in [0.25, 0.3) is 44.6 Å². The number of nitrogens with one attached hydrogen (secondary N) is 2. The number of hydrogen-bond donors (Lipinski definition) is 13. The lowest BCUT2D eigenvalue weighted by molar-refractivity contribution is -0.0501. The molecular weight excluding hydrogens is 1020 g/mol. The highest BCUT2D eigenvalue weighted by Crippen LogP contribution is 2.37. The molecule has 26 nitrogen and oxygen atoms in total. The number of aliphatic hydroxyl groups excluding tert-OH is 6. The zero-order valence-electron chi connectivity index (χ0n) is 42.8. The minimum Gasteiger partial charge on any atom is -0.494 e. The molecule has 4 aromatic heterocycles. The van der Waals surface area contributed by atoms with Crippen molar-refractivity contribution in [3.05, 3.63) is 121 Å². The predicted molar refractivity (Wildman–Crippen MR) is 294 cm³/mol. The van der Waals surface area contributed by atoms with Crippen LogP contribution in [0.2, 0.25) is 0 Å². The number of nitrogen functional groups attached to an aromatic ring is 2. The van der Waals surface area contributed by atoms with Crippen molar-refractivity contribution in [3.8, 4) is 33.8 Å². The molecule has 0 radical (unpaired) electrons. The molecule has 26 heteroatoms. The molecule has 10 rings (SSSR count). The van der Waals surface area contributed by atoms with Crippen molar-refractivity contribution in [1.82, 2.24) is 39.0 Å². The van der Waals surface area contributed by atoms with Crippen LogP contribution in [0, 0.1) is 0 Å². The monoisotopic (exact) mass is 1080 g/mol. The number of guanidine groups is 1. The van der Waals surface area contributed by atoms with Crippen LogP contribution in [-0.2, 0) is 22.6 Å². The van der Waals surface area contributed by atoms with Gasteiger partial charge in [-0.2, -0.15) is 0 Å². The van der Waals surface area contributed by atoms with Crippen LogP contribution in [0.1, 0.15) is 36.4 Å². The molecular formula is C53H64N16O10. The Bertz CT molecular complexity index is 3330. The molecule has 2 aliphatic rings. The van der Waals surface area contributed by atoms with Crippen LogP contribution in [0.3, 0.4) is 0 Å². The van der Waals surface area contributed by atoms with Gasteiger partial charge in [0.1, 0.15) is 60.8 Å². The molecule has 0 unspecified atom stereocenters. The minimum atomic E-state index is -1.32. The lowest BCUT2D eigenvalue weighted by Gasteiger charge is -2.19. The van der Waals surface area contributed by atoms with Crippen molar-refractivity contribution in [2.75, 3.05) is 61.6 Å². The standard InChI is InChI=1S/C27H33N9O5.C26H31N7O5/c28-23-20-24(34-14-33-23)36(25-22(39)21(38)19(13-37)41-25)27(35-20)32-12-15-5-7-16(8-6-15)17-3-1-4-18(11-17)40-10-2-9-31-26(29)30;27-9-2-10-37-18-4-1-3-17(11-18)16-7-5-15(6-8-16)12-29-26-32-20-23(28)30-14-31-24(20)33(26)25-22(36)21(35)19(13-34)38-25/h1,3-8,11,14,19,21-22,25,37-39H,2,9-10,12-13H2,(H,32,35)(H2,28,33,34)(H4,29,30,31);1,3-8,11,14,19,21-22,25,34-36H,2,9-10,12-13,27H2,(H,29,32)(H2,28,30,31)/t2*19-,21-,22-,25-/m11/s1. The van der Waals surface area contributed by atoms with Crippen molar-refractivity contribution in [3.63, 3.8) is 0 Å². The maximum absolute atomic E-state index is 10.7. The molecule has 0 bridgehead atoms. The summed E-state index contributed by atoms with van der Waals surface area (Å²) in [7, 11) is 0. The largest absolute Gasteiger partial charge is 0.494 e. The number of imidazole rings is 2. The van der Waals surface area contributed by atoms with Crippen molar-refractivity contribution < 1.29 is 49.6 Å². The number of nitrogens with two attached hydrogens (primary N) is 5. The van der Waals surface area contributed by atoms with E-state index in [2.05, 4.69) is 45.5 Å². The molecule has 416 valence electrons. The first-order valence-electron chi connectivity index (χ1n) is 25.4. The molecule has 79 heavy (non-hydrogen) atoms. The van der Waals surface area contributed by atoms with Crippen LogP contribution in [0.15, 0.2) is 115 Å². The van der Waals surface area contributed by atoms with E-state index in [1.165, 1.54) is 21.8 Å². The number of aliphatic hydroxyl groups is 6. The van der Waals surface area contributed by atoms with Crippen LogP contribution >= 0.6 is 0 Å². The Hall–Kier alpha value is -8.31. The van der Waals surface area contributed by atoms with Gasteiger partial charge >= 0.3 is 0 Å². The average Bonchev–Trinajstić information content (AvgIpc) is 4.40. The van der Waals surface area contributed by atoms with Crippen LogP contribution in [0.5, 0.6) is 11.5 Å². The highest BCUT2D eigenvalue weighted by atomic mass is 16.6. The van der Waals surface area contributed by atoms with E-state index in [1.807, 2.05) is 97.1 Å². The summed E-state index contributed by atoms with van der Waals surface area (Å²) < 4.78 is 26.1. The summed E-state index contributed by atoms with van der Waals surface area (Å²) in [5.74, 6) is 2.59. The van der Waals surface area contributed by atoms with Gasteiger partial charge in [0, 0.05) is 26.1 Å². The van der Waals surface area contributed by atoms with Crippen LogP contribution in [-0.4, -0.2) is 152 Å². The van der Waals surface area contributed by atoms with Gasteiger partial charge in [-0.15, -0.1) is 0 Å². The highest BCUT2D eigenvalue weighted by Gasteiger charge is 2.46. The first-order valence-corrected chi connectivity index (χ1v) is 25.4. The first kappa shape index (κ1) is 55.4. The Labute approximate surface area is 452 Å². The highest BCUT2D eigenvalue weighted by molar-refractivity contribution is 5.85. The van der Waals surface area contributed by atoms with E-state index in [-0.39, 0.29) is 17.6 Å². The molecule has 2 fully saturated rings. The molecule has 8 atom stereocenters. The maximum Gasteiger partial charge on any atom is 0.207 e. The summed E-state index contributed by atoms with van der Waals surface area (Å²) in [4.78, 5) is 29.5. The van der Waals surface area contributed by atoms with Crippen molar-refractivity contribution in [1.29, 1.82) is 0 Å². The van der Waals surface area contributed by atoms with E-state index in [0.29, 0.717) is 80.0 Å². The Morgan fingerprint density at radius 3 is 1.43 bits per heavy atom. The second-order valence-electron chi connectivity index (χ2n) is 18.6. The Morgan fingerprint density at radius 1 is 0.582 bits per heavy atom. The summed E-state index contributed by atoms with van der Waals surface area (Å²) in [6, 6.07) is 31.8. The Balaban J connectivity index is 0.000000192. The van der Waals surface area contributed by atoms with E-state index in [1.54, 1.807) is 0 Å². The molecule has 8 aromatic rings. The number of benzene rings is 4. The van der Waals surface area contributed by atoms with Crippen LogP contribution < -0.4 is 48.8 Å². The van der Waals surface area contributed by atoms with Gasteiger partial charge < -0.3 is 88.9 Å². The third kappa shape index (κ3) is 12.7. The van der Waals surface area contributed by atoms with Crippen molar-refractivity contribution in [2.24, 2.45) is 22.2 Å². The Morgan fingerprint density at radius 2 is 1.03 bits per heavy atom. The zero-order chi connectivity index (χ0) is 55.6. The van der Waals surface area contributed by atoms with E-state index in [9.17, 15) is 30.6 Å². The second-order valence-corrected chi connectivity index (χ2v) is 18.6. The fourth-order valence-corrected chi connectivity index (χ4v) is 9.03. The smallest absolute Gasteiger partial charge is 0.207 e. The predicted octanol–water partition coefficient (Wildman–Crippen LogP) is 1.37. The van der Waals surface area contributed by atoms with Gasteiger partial charge in [-0.05, 0) is 70.6 Å². The fourth-order valence-electron chi connectivity index (χ4n) is 9.03. The summed E-state index contributed by atoms with van der Waals surface area (Å²) in [5, 5.41) is 67.4. The average molecular weight is 1090 g/mol. The topological polar surface area (TPSA) is 412 Å². The van der Waals surface area contributed by atoms with Gasteiger partial charge in [0.05, 0.1) is 26.4 Å². The van der Waals surface area contributed by atoms with Gasteiger partial charge in [0.2, 0.25) is 11.9 Å². The zero-order valence-corrected chi connectivity index (χ0v) is 42.8. The fraction of sp³-hybridized carbons (Fsp3) is 0.340. The van der Waals surface area contributed by atoms with Gasteiger partial charge in [0.15, 0.2) is 52.4 Å². The molecule has 0 saturated carbocycles. The molecule has 4 aromatic carbocycles. The number of aliphatic imine (C=N–C) groups is 1. The van der Waals surface area contributed by atoms with Gasteiger partial charge in [-0.1, -0.05) is 72.8 Å². The van der Waals surface area contributed by atoms with Gasteiger partial charge in [-0.3, -0.25) is 14.1 Å². The number of anilines is 4. The third-order valence-electron chi connectivity index (χ3n) is 13.2. The molecule has 0 amide bonds. The second kappa shape index (κ2) is 25.4. The van der Waals surface area contributed by atoms with E-state index in [0.717, 1.165) is 51.3 Å². The number of hydrogen-bond acceptors (Lipinski definition) is 22. The maximum atomic E-state index is 10.7. The third-order valence-corrected chi connectivity index (χ3v) is 13.2. The van der Waals surface area contributed by atoms with E-state index in [4.69, 9.17) is 47.6 Å². The molecule has 6 heterocycles. The molecule has 2 aliphatic heterocycles. The number of fused-ring (bicyclic) bond motifs is 2. The van der Waals surface area contributed by atoms with E-state index >= 15 is 0 Å². The van der Waals surface area contributed by atoms with Crippen LogP contribution in [0.4, 0.5) is 23.5 Å². The van der Waals surface area contributed by atoms with Crippen molar-refractivity contribution in [2.45, 2.75) is 75.0 Å². The minimum absolute atomic E-state index is 0.0703. The summed E-state index contributed by atoms with van der Waals surface area (Å²) in [6.45, 7) is 2.04. The van der Waals surface area contributed by atoms with Gasteiger partial charge in [0.25, 0.3) is 0 Å². The van der Waals surface area contributed by atoms with Crippen molar-refractivity contribution >= 4 is 51.8 Å². The molecule has 2 saturated heterocycles. The first-order chi connectivity index (χ1) is 38.3. The lowest BCUT2D eigenvalue weighted by atomic mass is 10.0. The molecule has 0 spiro atoms. The van der Waals surface area contributed by atoms with E-state index < -0.39 is 62.3 Å². The number of ether oxygens (including phenoxy) is 4. The normalized spacial score (nSPS) is 20.7. The van der Waals surface area contributed by atoms with Gasteiger partial charge in [-0.25, -0.2) is 29.9 Å². The summed E-state index contributed by atoms with van der Waals surface area (Å²) in [5.41, 5.74) is 35.6.